The molecule has 9 rings (SSSR count). The molecule has 5 aromatic carbocycles. The number of aromatic nitrogens is 4. The van der Waals surface area contributed by atoms with E-state index in [1.807, 2.05) is 97.6 Å². The molecule has 4 nitrogen and oxygen atoms in total. The Balaban J connectivity index is 1.23. The summed E-state index contributed by atoms with van der Waals surface area (Å²) in [5.41, 5.74) is 16.0. The minimum absolute atomic E-state index is 0.847. The van der Waals surface area contributed by atoms with Crippen molar-refractivity contribution in [2.75, 3.05) is 0 Å². The van der Waals surface area contributed by atoms with Gasteiger partial charge in [-0.15, -0.1) is 0 Å². The van der Waals surface area contributed by atoms with E-state index in [9.17, 15) is 0 Å². The van der Waals surface area contributed by atoms with Crippen molar-refractivity contribution in [1.29, 1.82) is 0 Å². The highest BCUT2D eigenvalue weighted by molar-refractivity contribution is 5.93. The highest BCUT2D eigenvalue weighted by Gasteiger charge is 2.19. The van der Waals surface area contributed by atoms with Crippen LogP contribution in [0.25, 0.3) is 89.5 Å². The van der Waals surface area contributed by atoms with Gasteiger partial charge in [-0.3, -0.25) is 19.9 Å². The number of rotatable bonds is 8. The lowest BCUT2D eigenvalue weighted by Gasteiger charge is -2.17. The summed E-state index contributed by atoms with van der Waals surface area (Å²) < 4.78 is 0. The lowest BCUT2D eigenvalue weighted by atomic mass is 9.90. The lowest BCUT2D eigenvalue weighted by molar-refractivity contribution is 1.28. The molecule has 0 unspecified atom stereocenters. The van der Waals surface area contributed by atoms with E-state index in [0.29, 0.717) is 0 Å². The molecule has 0 atom stereocenters. The molecule has 4 aromatic heterocycles. The van der Waals surface area contributed by atoms with Crippen molar-refractivity contribution in [2.45, 2.75) is 0 Å². The monoisotopic (exact) mass is 690 g/mol. The average molecular weight is 691 g/mol. The minimum Gasteiger partial charge on any atom is -0.256 e. The summed E-state index contributed by atoms with van der Waals surface area (Å²) in [4.78, 5) is 20.2. The molecule has 4 heterocycles. The maximum Gasteiger partial charge on any atom is 0.0709 e. The zero-order chi connectivity index (χ0) is 36.1. The molecule has 9 aromatic rings. The van der Waals surface area contributed by atoms with Crippen LogP contribution in [0.1, 0.15) is 0 Å². The van der Waals surface area contributed by atoms with Gasteiger partial charge < -0.3 is 0 Å². The Morgan fingerprint density at radius 3 is 0.611 bits per heavy atom. The Morgan fingerprint density at radius 1 is 0.204 bits per heavy atom. The predicted molar refractivity (Wildman–Crippen MR) is 221 cm³/mol. The van der Waals surface area contributed by atoms with Gasteiger partial charge in [0.2, 0.25) is 0 Å². The maximum atomic E-state index is 5.05. The summed E-state index contributed by atoms with van der Waals surface area (Å²) in [7, 11) is 0. The number of nitrogens with zero attached hydrogens (tertiary/aromatic N) is 4. The summed E-state index contributed by atoms with van der Waals surface area (Å²) in [6, 6.07) is 62.7. The third kappa shape index (κ3) is 6.72. The average Bonchev–Trinajstić information content (AvgIpc) is 3.27. The highest BCUT2D eigenvalue weighted by atomic mass is 14.7. The van der Waals surface area contributed by atoms with E-state index in [-0.39, 0.29) is 0 Å². The van der Waals surface area contributed by atoms with Crippen molar-refractivity contribution >= 4 is 0 Å². The van der Waals surface area contributed by atoms with Crippen LogP contribution < -0.4 is 0 Å². The second-order valence-corrected chi connectivity index (χ2v) is 13.1. The van der Waals surface area contributed by atoms with Gasteiger partial charge in [0.15, 0.2) is 0 Å². The molecule has 0 spiro atoms. The van der Waals surface area contributed by atoms with Gasteiger partial charge in [-0.05, 0) is 58.7 Å². The first-order valence-electron chi connectivity index (χ1n) is 18.0. The Bertz CT molecular complexity index is 2250. The Kier molecular flexibility index (Phi) is 8.90. The fourth-order valence-electron chi connectivity index (χ4n) is 6.87. The van der Waals surface area contributed by atoms with Crippen LogP contribution in [-0.2, 0) is 0 Å². The molecule has 254 valence electrons. The number of hydrogen-bond donors (Lipinski definition) is 0. The molecule has 0 aliphatic rings. The zero-order valence-electron chi connectivity index (χ0n) is 29.4. The van der Waals surface area contributed by atoms with Crippen molar-refractivity contribution in [3.63, 3.8) is 0 Å². The minimum atomic E-state index is 0.847. The Hall–Kier alpha value is -7.30. The second kappa shape index (κ2) is 14.7. The predicted octanol–water partition coefficient (Wildman–Crippen LogP) is 12.6. The highest BCUT2D eigenvalue weighted by Crippen LogP contribution is 2.41. The van der Waals surface area contributed by atoms with Crippen LogP contribution in [0.5, 0.6) is 0 Å². The van der Waals surface area contributed by atoms with Gasteiger partial charge in [-0.25, -0.2) is 0 Å². The van der Waals surface area contributed by atoms with Gasteiger partial charge in [0.05, 0.1) is 22.8 Å². The second-order valence-electron chi connectivity index (χ2n) is 13.1. The number of pyridine rings is 4. The molecule has 0 bridgehead atoms. The molecule has 0 saturated heterocycles. The molecule has 0 radical (unpaired) electrons. The smallest absolute Gasteiger partial charge is 0.0709 e. The SMILES string of the molecule is c1ccc(-c2ccc(-c3cc(-c4ccc(-c5ccccc5)cn4)c(-c4ccc(-c5ccccc5)cn4)cc3-c3ccc(-c4ccccc4)cn3)nc2)cc1. The molecule has 0 saturated carbocycles. The number of hydrogen-bond acceptors (Lipinski definition) is 4. The molecule has 0 N–H and O–H groups in total. The first-order valence-corrected chi connectivity index (χ1v) is 18.0. The fraction of sp³-hybridized carbons (Fsp3) is 0. The van der Waals surface area contributed by atoms with E-state index in [2.05, 4.69) is 109 Å². The zero-order valence-corrected chi connectivity index (χ0v) is 29.4. The normalized spacial score (nSPS) is 11.0. The first-order chi connectivity index (χ1) is 26.8. The Labute approximate surface area is 315 Å². The molecule has 0 aliphatic heterocycles. The van der Waals surface area contributed by atoms with Crippen molar-refractivity contribution in [1.82, 2.24) is 19.9 Å². The molecular weight excluding hydrogens is 657 g/mol. The van der Waals surface area contributed by atoms with Gasteiger partial charge in [0, 0.05) is 69.3 Å². The molecule has 0 amide bonds. The van der Waals surface area contributed by atoms with Crippen LogP contribution in [0.3, 0.4) is 0 Å². The van der Waals surface area contributed by atoms with E-state index in [1.165, 1.54) is 0 Å². The summed E-state index contributed by atoms with van der Waals surface area (Å²) in [6.45, 7) is 0. The topological polar surface area (TPSA) is 51.6 Å². The maximum absolute atomic E-state index is 5.05. The summed E-state index contributed by atoms with van der Waals surface area (Å²) in [5, 5.41) is 0. The van der Waals surface area contributed by atoms with Crippen molar-refractivity contribution < 1.29 is 0 Å². The van der Waals surface area contributed by atoms with Crippen LogP contribution in [0.15, 0.2) is 207 Å². The van der Waals surface area contributed by atoms with Crippen LogP contribution >= 0.6 is 0 Å². The van der Waals surface area contributed by atoms with Crippen molar-refractivity contribution in [3.05, 3.63) is 207 Å². The van der Waals surface area contributed by atoms with E-state index < -0.39 is 0 Å². The fourth-order valence-corrected chi connectivity index (χ4v) is 6.87. The lowest BCUT2D eigenvalue weighted by Crippen LogP contribution is -1.97. The Morgan fingerprint density at radius 2 is 0.426 bits per heavy atom. The third-order valence-corrected chi connectivity index (χ3v) is 9.74. The van der Waals surface area contributed by atoms with Crippen LogP contribution in [0.4, 0.5) is 0 Å². The van der Waals surface area contributed by atoms with Gasteiger partial charge in [0.25, 0.3) is 0 Å². The largest absolute Gasteiger partial charge is 0.256 e. The quantitative estimate of drug-likeness (QED) is 0.159. The van der Waals surface area contributed by atoms with E-state index in [4.69, 9.17) is 19.9 Å². The van der Waals surface area contributed by atoms with Gasteiger partial charge >= 0.3 is 0 Å². The molecule has 0 fully saturated rings. The van der Waals surface area contributed by atoms with Gasteiger partial charge in [-0.2, -0.15) is 0 Å². The molecule has 0 aliphatic carbocycles. The van der Waals surface area contributed by atoms with Crippen LogP contribution in [0, 0.1) is 0 Å². The van der Waals surface area contributed by atoms with E-state index >= 15 is 0 Å². The third-order valence-electron chi connectivity index (χ3n) is 9.74. The molecule has 54 heavy (non-hydrogen) atoms. The number of benzene rings is 5. The van der Waals surface area contributed by atoms with Gasteiger partial charge in [0.1, 0.15) is 0 Å². The van der Waals surface area contributed by atoms with Crippen LogP contribution in [0.2, 0.25) is 0 Å². The summed E-state index contributed by atoms with van der Waals surface area (Å²) >= 11 is 0. The van der Waals surface area contributed by atoms with Crippen molar-refractivity contribution in [2.24, 2.45) is 0 Å². The summed E-state index contributed by atoms with van der Waals surface area (Å²) in [5.74, 6) is 0. The molecule has 4 heteroatoms. The molecular formula is C50H34N4. The summed E-state index contributed by atoms with van der Waals surface area (Å²) in [6.07, 6.45) is 7.80. The first kappa shape index (κ1) is 32.6. The van der Waals surface area contributed by atoms with Crippen LogP contribution in [-0.4, -0.2) is 19.9 Å². The van der Waals surface area contributed by atoms with E-state index in [0.717, 1.165) is 89.5 Å². The standard InChI is InChI=1S/C50H34N4/c1-5-13-35(14-6-1)39-21-25-47(51-31-39)43-29-45(49-27-23-41(33-53-49)37-17-9-3-10-18-37)46(50-28-24-42(34-54-50)38-19-11-4-12-20-38)30-44(43)48-26-22-40(32-52-48)36-15-7-2-8-16-36/h1-34H. The van der Waals surface area contributed by atoms with Crippen molar-refractivity contribution in [3.8, 4) is 89.5 Å². The van der Waals surface area contributed by atoms with Gasteiger partial charge in [-0.1, -0.05) is 146 Å². The van der Waals surface area contributed by atoms with E-state index in [1.54, 1.807) is 0 Å².